The monoisotopic (exact) mass is 313 g/mol. The number of hydrogen-bond acceptors (Lipinski definition) is 3. The topological polar surface area (TPSA) is 58.6 Å². The van der Waals surface area contributed by atoms with Crippen LogP contribution in [0.4, 0.5) is 0 Å². The van der Waals surface area contributed by atoms with Crippen LogP contribution in [-0.2, 0) is 22.0 Å². The van der Waals surface area contributed by atoms with E-state index in [-0.39, 0.29) is 5.41 Å². The van der Waals surface area contributed by atoms with Gasteiger partial charge in [0.1, 0.15) is 0 Å². The zero-order valence-corrected chi connectivity index (χ0v) is 13.8. The van der Waals surface area contributed by atoms with Crippen molar-refractivity contribution in [2.24, 2.45) is 0 Å². The minimum absolute atomic E-state index is 0.128. The summed E-state index contributed by atoms with van der Waals surface area (Å²) in [6.07, 6.45) is 3.38. The Morgan fingerprint density at radius 3 is 2.50 bits per heavy atom. The van der Waals surface area contributed by atoms with Crippen molar-refractivity contribution in [1.29, 1.82) is 0 Å². The van der Waals surface area contributed by atoms with Crippen LogP contribution in [0.1, 0.15) is 31.9 Å². The Labute approximate surface area is 132 Å². The van der Waals surface area contributed by atoms with E-state index in [0.717, 1.165) is 16.6 Å². The number of benzene rings is 1. The van der Waals surface area contributed by atoms with E-state index in [1.54, 1.807) is 12.4 Å². The van der Waals surface area contributed by atoms with Crippen molar-refractivity contribution >= 4 is 21.8 Å². The smallest absolute Gasteiger partial charge is 0.197 e. The van der Waals surface area contributed by atoms with Gasteiger partial charge in [0.05, 0.1) is 33.8 Å². The summed E-state index contributed by atoms with van der Waals surface area (Å²) in [5, 5.41) is 0.503. The first-order chi connectivity index (χ1) is 10.4. The van der Waals surface area contributed by atoms with Gasteiger partial charge in [-0.1, -0.05) is 45.0 Å². The van der Waals surface area contributed by atoms with Crippen molar-refractivity contribution < 1.29 is 4.21 Å². The van der Waals surface area contributed by atoms with Crippen molar-refractivity contribution in [1.82, 2.24) is 15.0 Å². The van der Waals surface area contributed by atoms with E-state index < -0.39 is 10.8 Å². The number of imidazole rings is 1. The highest BCUT2D eigenvalue weighted by atomic mass is 32.2. The molecule has 3 aromatic rings. The maximum Gasteiger partial charge on any atom is 0.197 e. The lowest BCUT2D eigenvalue weighted by Crippen LogP contribution is -2.10. The van der Waals surface area contributed by atoms with E-state index >= 15 is 0 Å². The Kier molecular flexibility index (Phi) is 3.83. The number of aromatic nitrogens is 3. The number of hydrogen-bond donors (Lipinski definition) is 1. The lowest BCUT2D eigenvalue weighted by Gasteiger charge is -2.19. The number of nitrogens with zero attached hydrogens (tertiary/aromatic N) is 2. The molecule has 0 saturated heterocycles. The molecule has 0 aliphatic rings. The average Bonchev–Trinajstić information content (AvgIpc) is 2.91. The molecule has 3 rings (SSSR count). The molecule has 1 N–H and O–H groups in total. The largest absolute Gasteiger partial charge is 0.330 e. The van der Waals surface area contributed by atoms with E-state index in [2.05, 4.69) is 47.9 Å². The van der Waals surface area contributed by atoms with Crippen LogP contribution in [-0.4, -0.2) is 19.2 Å². The summed E-state index contributed by atoms with van der Waals surface area (Å²) in [5.74, 6) is 0.456. The Bertz CT molecular complexity index is 783. The molecule has 1 unspecified atom stereocenters. The quantitative estimate of drug-likeness (QED) is 0.804. The van der Waals surface area contributed by atoms with E-state index in [4.69, 9.17) is 0 Å². The molecule has 114 valence electrons. The maximum atomic E-state index is 12.5. The zero-order chi connectivity index (χ0) is 15.7. The molecule has 1 atom stereocenters. The molecule has 1 aromatic carbocycles. The highest BCUT2D eigenvalue weighted by Crippen LogP contribution is 2.23. The van der Waals surface area contributed by atoms with Gasteiger partial charge in [-0.3, -0.25) is 9.19 Å². The molecule has 0 amide bonds. The van der Waals surface area contributed by atoms with Crippen LogP contribution in [0.15, 0.2) is 47.9 Å². The number of aromatic amines is 1. The molecule has 5 heteroatoms. The Morgan fingerprint density at radius 2 is 1.86 bits per heavy atom. The second-order valence-corrected chi connectivity index (χ2v) is 7.74. The van der Waals surface area contributed by atoms with Gasteiger partial charge < -0.3 is 4.98 Å². The molecular formula is C17H19N3OS. The highest BCUT2D eigenvalue weighted by Gasteiger charge is 2.14. The first-order valence-electron chi connectivity index (χ1n) is 7.21. The van der Waals surface area contributed by atoms with E-state index in [1.807, 2.05) is 18.2 Å². The van der Waals surface area contributed by atoms with Crippen LogP contribution in [0.25, 0.3) is 11.0 Å². The molecule has 0 bridgehead atoms. The lowest BCUT2D eigenvalue weighted by atomic mass is 9.87. The van der Waals surface area contributed by atoms with Crippen molar-refractivity contribution in [2.45, 2.75) is 37.1 Å². The molecule has 0 radical (unpaired) electrons. The van der Waals surface area contributed by atoms with Gasteiger partial charge in [-0.05, 0) is 22.6 Å². The molecule has 4 nitrogen and oxygen atoms in total. The van der Waals surface area contributed by atoms with E-state index in [0.29, 0.717) is 10.9 Å². The summed E-state index contributed by atoms with van der Waals surface area (Å²) in [7, 11) is -1.19. The number of H-pyrrole nitrogens is 1. The van der Waals surface area contributed by atoms with E-state index in [1.165, 1.54) is 5.56 Å². The third-order valence-electron chi connectivity index (χ3n) is 3.60. The zero-order valence-electron chi connectivity index (χ0n) is 13.0. The fourth-order valence-corrected chi connectivity index (χ4v) is 3.32. The van der Waals surface area contributed by atoms with Gasteiger partial charge in [0.15, 0.2) is 5.16 Å². The predicted octanol–water partition coefficient (Wildman–Crippen LogP) is 3.56. The average molecular weight is 313 g/mol. The van der Waals surface area contributed by atoms with Crippen LogP contribution >= 0.6 is 0 Å². The third kappa shape index (κ3) is 3.09. The summed E-state index contributed by atoms with van der Waals surface area (Å²) < 4.78 is 12.5. The van der Waals surface area contributed by atoms with Crippen LogP contribution in [0.3, 0.4) is 0 Å². The van der Waals surface area contributed by atoms with E-state index in [9.17, 15) is 4.21 Å². The van der Waals surface area contributed by atoms with Crippen molar-refractivity contribution in [3.8, 4) is 0 Å². The second kappa shape index (κ2) is 5.65. The number of fused-ring (bicyclic) bond motifs is 1. The number of pyridine rings is 1. The van der Waals surface area contributed by atoms with Crippen molar-refractivity contribution in [2.75, 3.05) is 0 Å². The summed E-state index contributed by atoms with van der Waals surface area (Å²) in [5.41, 5.74) is 4.06. The summed E-state index contributed by atoms with van der Waals surface area (Å²) >= 11 is 0. The Morgan fingerprint density at radius 1 is 1.14 bits per heavy atom. The summed E-state index contributed by atoms with van der Waals surface area (Å²) in [6, 6.07) is 10.1. The lowest BCUT2D eigenvalue weighted by molar-refractivity contribution is 0.590. The van der Waals surface area contributed by atoms with Crippen molar-refractivity contribution in [3.05, 3.63) is 53.9 Å². The SMILES string of the molecule is CC(C)(C)c1ccc(CS(=O)c2nc3ccncc3[nH]2)cc1. The predicted molar refractivity (Wildman–Crippen MR) is 89.1 cm³/mol. The standard InChI is InChI=1S/C17H19N3OS/c1-17(2,3)13-6-4-12(5-7-13)11-22(21)16-19-14-8-9-18-10-15(14)20-16/h4-10H,11H2,1-3H3,(H,19,20). The van der Waals surface area contributed by atoms with Gasteiger partial charge in [0, 0.05) is 6.20 Å². The molecule has 22 heavy (non-hydrogen) atoms. The normalized spacial score (nSPS) is 13.4. The highest BCUT2D eigenvalue weighted by molar-refractivity contribution is 7.84. The molecule has 0 fully saturated rings. The van der Waals surface area contributed by atoms with Gasteiger partial charge in [0.2, 0.25) is 0 Å². The summed E-state index contributed by atoms with van der Waals surface area (Å²) in [4.78, 5) is 11.5. The Hall–Kier alpha value is -2.01. The van der Waals surface area contributed by atoms with Gasteiger partial charge in [0.25, 0.3) is 0 Å². The maximum absolute atomic E-state index is 12.5. The van der Waals surface area contributed by atoms with Crippen molar-refractivity contribution in [3.63, 3.8) is 0 Å². The van der Waals surface area contributed by atoms with Crippen LogP contribution in [0.2, 0.25) is 0 Å². The van der Waals surface area contributed by atoms with Crippen LogP contribution in [0.5, 0.6) is 0 Å². The summed E-state index contributed by atoms with van der Waals surface area (Å²) in [6.45, 7) is 6.55. The van der Waals surface area contributed by atoms with Gasteiger partial charge in [-0.2, -0.15) is 0 Å². The first-order valence-corrected chi connectivity index (χ1v) is 8.53. The molecule has 0 aliphatic carbocycles. The first kappa shape index (κ1) is 14.9. The molecular weight excluding hydrogens is 294 g/mol. The molecule has 2 aromatic heterocycles. The van der Waals surface area contributed by atoms with Gasteiger partial charge in [-0.25, -0.2) is 4.98 Å². The number of rotatable bonds is 3. The molecule has 0 saturated carbocycles. The van der Waals surface area contributed by atoms with Crippen LogP contribution in [0, 0.1) is 0 Å². The van der Waals surface area contributed by atoms with Crippen LogP contribution < -0.4 is 0 Å². The van der Waals surface area contributed by atoms with Gasteiger partial charge >= 0.3 is 0 Å². The minimum Gasteiger partial charge on any atom is -0.330 e. The fraction of sp³-hybridized carbons (Fsp3) is 0.294. The second-order valence-electron chi connectivity index (χ2n) is 6.37. The molecule has 0 aliphatic heterocycles. The van der Waals surface area contributed by atoms with Gasteiger partial charge in [-0.15, -0.1) is 0 Å². The fourth-order valence-electron chi connectivity index (χ4n) is 2.26. The third-order valence-corrected chi connectivity index (χ3v) is 4.82. The molecule has 2 heterocycles. The Balaban J connectivity index is 1.79. The minimum atomic E-state index is -1.19. The molecule has 0 spiro atoms. The number of nitrogens with one attached hydrogen (secondary N) is 1.